The summed E-state index contributed by atoms with van der Waals surface area (Å²) in [6, 6.07) is 20.9. The Balaban J connectivity index is 0.000000191. The molecule has 0 bridgehead atoms. The number of anilines is 4. The third kappa shape index (κ3) is 11.1. The predicted molar refractivity (Wildman–Crippen MR) is 226 cm³/mol. The number of ether oxygens (including phenoxy) is 1. The molecule has 0 saturated heterocycles. The fraction of sp³-hybridized carbons (Fsp3) is 0.159. The molecule has 64 heavy (non-hydrogen) atoms. The first kappa shape index (κ1) is 44.5. The van der Waals surface area contributed by atoms with E-state index in [0.29, 0.717) is 50.7 Å². The van der Waals surface area contributed by atoms with Crippen LogP contribution in [0.15, 0.2) is 109 Å². The third-order valence-electron chi connectivity index (χ3n) is 9.52. The number of benzene rings is 4. The number of carbonyl (C=O) groups excluding carboxylic acids is 2. The number of rotatable bonds is 10. The lowest BCUT2D eigenvalue weighted by atomic mass is 10.1. The summed E-state index contributed by atoms with van der Waals surface area (Å²) in [5, 5.41) is 20.4. The summed E-state index contributed by atoms with van der Waals surface area (Å²) >= 11 is 5.57. The van der Waals surface area contributed by atoms with E-state index in [1.807, 2.05) is 0 Å². The fourth-order valence-corrected chi connectivity index (χ4v) is 6.44. The molecule has 5 N–H and O–H groups in total. The first-order valence-electron chi connectivity index (χ1n) is 19.1. The number of aromatic nitrogens is 4. The molecule has 1 aliphatic carbocycles. The van der Waals surface area contributed by atoms with E-state index in [9.17, 15) is 45.8 Å². The average Bonchev–Trinajstić information content (AvgIpc) is 4.08. The molecular weight excluding hydrogens is 870 g/mol. The Morgan fingerprint density at radius 1 is 0.781 bits per heavy atom. The van der Waals surface area contributed by atoms with Crippen molar-refractivity contribution in [1.29, 1.82) is 0 Å². The molecule has 4 aromatic carbocycles. The van der Waals surface area contributed by atoms with Crippen LogP contribution < -0.4 is 26.0 Å². The second kappa shape index (κ2) is 18.4. The van der Waals surface area contributed by atoms with Gasteiger partial charge in [-0.1, -0.05) is 23.7 Å². The van der Waals surface area contributed by atoms with Gasteiger partial charge in [0.2, 0.25) is 0 Å². The van der Waals surface area contributed by atoms with Crippen LogP contribution in [0.1, 0.15) is 50.6 Å². The van der Waals surface area contributed by atoms with Crippen molar-refractivity contribution in [2.24, 2.45) is 5.92 Å². The van der Waals surface area contributed by atoms with E-state index in [0.717, 1.165) is 43.5 Å². The Bertz CT molecular complexity index is 2900. The monoisotopic (exact) mass is 902 g/mol. The van der Waals surface area contributed by atoms with Gasteiger partial charge >= 0.3 is 24.4 Å². The van der Waals surface area contributed by atoms with Crippen LogP contribution >= 0.6 is 11.6 Å². The highest BCUT2D eigenvalue weighted by Crippen LogP contribution is 2.37. The molecule has 1 aliphatic rings. The molecule has 3 amide bonds. The number of hydrogen-bond acceptors (Lipinski definition) is 9. The Labute approximate surface area is 363 Å². The molecule has 3 aromatic heterocycles. The zero-order chi connectivity index (χ0) is 45.8. The van der Waals surface area contributed by atoms with Crippen molar-refractivity contribution in [2.75, 3.05) is 23.0 Å². The van der Waals surface area contributed by atoms with Gasteiger partial charge in [0.1, 0.15) is 28.5 Å². The highest BCUT2D eigenvalue weighted by molar-refractivity contribution is 6.31. The van der Waals surface area contributed by atoms with Crippen LogP contribution in [0, 0.1) is 5.92 Å². The van der Waals surface area contributed by atoms with Gasteiger partial charge in [0.05, 0.1) is 27.2 Å². The van der Waals surface area contributed by atoms with Gasteiger partial charge in [0.25, 0.3) is 5.91 Å². The van der Waals surface area contributed by atoms with Crippen LogP contribution in [0.3, 0.4) is 0 Å². The highest BCUT2D eigenvalue weighted by atomic mass is 35.5. The smallest absolute Gasteiger partial charge is 0.417 e. The van der Waals surface area contributed by atoms with Crippen molar-refractivity contribution in [2.45, 2.75) is 31.6 Å². The summed E-state index contributed by atoms with van der Waals surface area (Å²) in [6.45, 7) is 0. The Morgan fingerprint density at radius 2 is 1.52 bits per heavy atom. The van der Waals surface area contributed by atoms with E-state index in [2.05, 4.69) is 41.2 Å². The summed E-state index contributed by atoms with van der Waals surface area (Å²) in [5.41, 5.74) is -0.223. The Hall–Kier alpha value is -7.54. The second-order valence-corrected chi connectivity index (χ2v) is 14.7. The number of hydrogen-bond donors (Lipinski definition) is 5. The molecule has 0 radical (unpaired) electrons. The zero-order valence-corrected chi connectivity index (χ0v) is 33.9. The minimum atomic E-state index is -4.64. The third-order valence-corrected chi connectivity index (χ3v) is 9.85. The van der Waals surface area contributed by atoms with Gasteiger partial charge < -0.3 is 31.1 Å². The minimum Gasteiger partial charge on any atom is -0.478 e. The van der Waals surface area contributed by atoms with Crippen LogP contribution in [0.2, 0.25) is 5.02 Å². The van der Waals surface area contributed by atoms with Crippen LogP contribution in [0.4, 0.5) is 54.0 Å². The van der Waals surface area contributed by atoms with Gasteiger partial charge in [-0.15, -0.1) is 0 Å². The fourth-order valence-electron chi connectivity index (χ4n) is 6.21. The van der Waals surface area contributed by atoms with E-state index < -0.39 is 40.5 Å². The molecule has 0 aliphatic heterocycles. The molecule has 0 spiro atoms. The number of halogens is 7. The largest absolute Gasteiger partial charge is 0.478 e. The molecule has 3 heterocycles. The summed E-state index contributed by atoms with van der Waals surface area (Å²) in [6.07, 6.45) is -3.03. The maximum Gasteiger partial charge on any atom is 0.417 e. The predicted octanol–water partition coefficient (Wildman–Crippen LogP) is 11.1. The summed E-state index contributed by atoms with van der Waals surface area (Å²) in [5.74, 6) is 0.808. The van der Waals surface area contributed by atoms with E-state index in [1.165, 1.54) is 49.6 Å². The number of fused-ring (bicyclic) bond motifs is 3. The molecule has 13 nitrogen and oxygen atoms in total. The number of pyridine rings is 2. The van der Waals surface area contributed by atoms with Gasteiger partial charge in [-0.25, -0.2) is 24.5 Å². The maximum absolute atomic E-state index is 13.1. The number of carboxylic acid groups (broad SMARTS) is 1. The summed E-state index contributed by atoms with van der Waals surface area (Å²) in [4.78, 5) is 52.7. The Morgan fingerprint density at radius 3 is 2.20 bits per heavy atom. The van der Waals surface area contributed by atoms with Crippen LogP contribution in [-0.4, -0.2) is 50.0 Å². The highest BCUT2D eigenvalue weighted by Gasteiger charge is 2.34. The van der Waals surface area contributed by atoms with Gasteiger partial charge in [-0.2, -0.15) is 26.3 Å². The molecule has 20 heteroatoms. The quantitative estimate of drug-likeness (QED) is 0.0655. The maximum atomic E-state index is 13.1. The lowest BCUT2D eigenvalue weighted by Crippen LogP contribution is -2.19. The number of carboxylic acids is 1. The number of nitrogens with zero attached hydrogens (tertiary/aromatic N) is 4. The molecule has 7 aromatic rings. The van der Waals surface area contributed by atoms with Crippen molar-refractivity contribution < 1.29 is 50.6 Å². The molecule has 8 rings (SSSR count). The average molecular weight is 903 g/mol. The number of carbonyl (C=O) groups is 3. The van der Waals surface area contributed by atoms with Crippen molar-refractivity contribution in [3.63, 3.8) is 0 Å². The van der Waals surface area contributed by atoms with E-state index >= 15 is 0 Å². The molecule has 328 valence electrons. The number of alkyl halides is 6. The van der Waals surface area contributed by atoms with E-state index in [4.69, 9.17) is 16.3 Å². The summed E-state index contributed by atoms with van der Waals surface area (Å²) < 4.78 is 83.9. The number of amides is 3. The van der Waals surface area contributed by atoms with Gasteiger partial charge in [-0.05, 0) is 97.6 Å². The summed E-state index contributed by atoms with van der Waals surface area (Å²) in [7, 11) is 1.49. The van der Waals surface area contributed by atoms with Gasteiger partial charge in [0.15, 0.2) is 5.82 Å². The number of urea groups is 1. The van der Waals surface area contributed by atoms with Crippen molar-refractivity contribution in [3.8, 4) is 11.5 Å². The van der Waals surface area contributed by atoms with Crippen LogP contribution in [0.5, 0.6) is 11.5 Å². The van der Waals surface area contributed by atoms with Crippen molar-refractivity contribution >= 4 is 74.2 Å². The SMILES string of the molecule is CNC(=O)c1cc(Oc2ccc(NC(=O)Nc3ccc(Cl)c(C(F)(F)F)c3)cc2)ccn1.O=C(O)c1ccc2c(c1)nc(Nc1cccc(C(F)(F)F)c1)c1nc(CC3CC3)ncc12. The Kier molecular flexibility index (Phi) is 12.8. The molecule has 0 atom stereocenters. The van der Waals surface area contributed by atoms with Gasteiger partial charge in [0, 0.05) is 59.8 Å². The van der Waals surface area contributed by atoms with Crippen LogP contribution in [0.25, 0.3) is 21.8 Å². The van der Waals surface area contributed by atoms with E-state index in [1.54, 1.807) is 42.6 Å². The lowest BCUT2D eigenvalue weighted by molar-refractivity contribution is -0.138. The zero-order valence-electron chi connectivity index (χ0n) is 33.1. The molecule has 1 saturated carbocycles. The molecular formula is C44H33ClF6N8O5. The van der Waals surface area contributed by atoms with Crippen LogP contribution in [-0.2, 0) is 18.8 Å². The van der Waals surface area contributed by atoms with Crippen molar-refractivity contribution in [3.05, 3.63) is 143 Å². The normalized spacial score (nSPS) is 12.5. The first-order valence-corrected chi connectivity index (χ1v) is 19.5. The van der Waals surface area contributed by atoms with Gasteiger partial charge in [-0.3, -0.25) is 9.78 Å². The standard InChI is InChI=1S/C23H17F3N4O2.C21H16ClF3N4O3/c24-23(25,26)14-2-1-3-15(10-14)28-21-20-17(11-27-19(30-20)8-12-4-5-12)16-7-6-13(22(31)32)9-18(16)29-21;1-26-19(30)18-11-15(8-9-27-18)32-14-5-2-12(3-6-14)28-20(31)29-13-4-7-17(22)16(10-13)21(23,24)25/h1-3,6-7,9-12H,4-5,8H2,(H,28,29)(H,31,32);2-11H,1H3,(H,26,30)(H2,28,29,31). The van der Waals surface area contributed by atoms with Crippen molar-refractivity contribution in [1.82, 2.24) is 25.3 Å². The lowest BCUT2D eigenvalue weighted by Gasteiger charge is -2.14. The second-order valence-electron chi connectivity index (χ2n) is 14.3. The van der Waals surface area contributed by atoms with E-state index in [-0.39, 0.29) is 34.4 Å². The molecule has 0 unspecified atom stereocenters. The topological polar surface area (TPSA) is 180 Å². The minimum absolute atomic E-state index is 0.0561. The first-order chi connectivity index (χ1) is 30.4. The number of nitrogens with one attached hydrogen (secondary N) is 4. The number of aromatic carboxylic acids is 1. The molecule has 1 fully saturated rings.